The van der Waals surface area contributed by atoms with Crippen molar-refractivity contribution in [2.45, 2.75) is 33.8 Å². The molecule has 0 aliphatic heterocycles. The molecule has 1 N–H and O–H groups in total. The van der Waals surface area contributed by atoms with Gasteiger partial charge in [-0.3, -0.25) is 4.79 Å². The second-order valence-corrected chi connectivity index (χ2v) is 5.31. The molecule has 0 aliphatic rings. The van der Waals surface area contributed by atoms with Gasteiger partial charge in [0.1, 0.15) is 17.7 Å². The molecule has 3 nitrogen and oxygen atoms in total. The fraction of sp³-hybridized carbons (Fsp3) is 0.471. The van der Waals surface area contributed by atoms with Crippen LogP contribution >= 0.6 is 0 Å². The zero-order valence-corrected chi connectivity index (χ0v) is 13.2. The zero-order chi connectivity index (χ0) is 15.8. The maximum atomic E-state index is 13.7. The van der Waals surface area contributed by atoms with Crippen LogP contribution in [-0.2, 0) is 4.79 Å². The van der Waals surface area contributed by atoms with Gasteiger partial charge in [-0.25, -0.2) is 4.39 Å². The van der Waals surface area contributed by atoms with E-state index in [9.17, 15) is 9.18 Å². The van der Waals surface area contributed by atoms with Crippen LogP contribution in [0.2, 0.25) is 0 Å². The van der Waals surface area contributed by atoms with Crippen LogP contribution in [0.25, 0.3) is 6.08 Å². The summed E-state index contributed by atoms with van der Waals surface area (Å²) in [7, 11) is 0. The van der Waals surface area contributed by atoms with Crippen LogP contribution in [-0.4, -0.2) is 25.0 Å². The Morgan fingerprint density at radius 3 is 2.71 bits per heavy atom. The first-order valence-corrected chi connectivity index (χ1v) is 7.32. The number of hydrogen-bond donors (Lipinski definition) is 1. The largest absolute Gasteiger partial charge is 0.489 e. The summed E-state index contributed by atoms with van der Waals surface area (Å²) < 4.78 is 19.4. The number of benzene rings is 1. The molecular weight excluding hydrogens is 269 g/mol. The lowest BCUT2D eigenvalue weighted by Crippen LogP contribution is -2.28. The molecule has 1 aromatic carbocycles. The highest BCUT2D eigenvalue weighted by Crippen LogP contribution is 2.19. The van der Waals surface area contributed by atoms with E-state index in [1.807, 2.05) is 27.7 Å². The number of allylic oxidation sites excluding steroid dienone is 1. The Balaban J connectivity index is 2.78. The lowest BCUT2D eigenvalue weighted by atomic mass is 10.1. The van der Waals surface area contributed by atoms with Crippen molar-refractivity contribution in [3.05, 3.63) is 35.7 Å². The standard InChI is InChI=1S/C17H24FNO2/c1-5-19-11-13(4)21-15-7-8-16(18)14(10-15)6-9-17(20)12(2)3/h6-10,12-13,19H,5,11H2,1-4H3/b9-6+/t13-/m1/s1. The average Bonchev–Trinajstić information content (AvgIpc) is 2.45. The smallest absolute Gasteiger partial charge is 0.158 e. The molecular formula is C17H24FNO2. The minimum absolute atomic E-state index is 0.00969. The Morgan fingerprint density at radius 2 is 2.10 bits per heavy atom. The average molecular weight is 293 g/mol. The molecule has 0 bridgehead atoms. The van der Waals surface area contributed by atoms with E-state index in [1.165, 1.54) is 18.2 Å². The number of rotatable bonds is 8. The lowest BCUT2D eigenvalue weighted by molar-refractivity contribution is -0.117. The predicted octanol–water partition coefficient (Wildman–Crippen LogP) is 3.44. The van der Waals surface area contributed by atoms with Gasteiger partial charge in [-0.2, -0.15) is 0 Å². The topological polar surface area (TPSA) is 38.3 Å². The minimum Gasteiger partial charge on any atom is -0.489 e. The summed E-state index contributed by atoms with van der Waals surface area (Å²) >= 11 is 0. The molecule has 0 heterocycles. The fourth-order valence-corrected chi connectivity index (χ4v) is 1.71. The Hall–Kier alpha value is -1.68. The van der Waals surface area contributed by atoms with Crippen LogP contribution in [0.1, 0.15) is 33.3 Å². The van der Waals surface area contributed by atoms with Crippen LogP contribution in [0.4, 0.5) is 4.39 Å². The summed E-state index contributed by atoms with van der Waals surface area (Å²) in [6.45, 7) is 9.20. The summed E-state index contributed by atoms with van der Waals surface area (Å²) in [5.41, 5.74) is 0.358. The van der Waals surface area contributed by atoms with Crippen molar-refractivity contribution in [1.29, 1.82) is 0 Å². The van der Waals surface area contributed by atoms with E-state index in [4.69, 9.17) is 4.74 Å². The van der Waals surface area contributed by atoms with Gasteiger partial charge >= 0.3 is 0 Å². The lowest BCUT2D eigenvalue weighted by Gasteiger charge is -2.15. The van der Waals surface area contributed by atoms with E-state index >= 15 is 0 Å². The SMILES string of the molecule is CCNC[C@@H](C)Oc1ccc(F)c(/C=C/C(=O)C(C)C)c1. The molecule has 0 fully saturated rings. The molecule has 4 heteroatoms. The maximum Gasteiger partial charge on any atom is 0.158 e. The van der Waals surface area contributed by atoms with Crippen LogP contribution < -0.4 is 10.1 Å². The highest BCUT2D eigenvalue weighted by atomic mass is 19.1. The van der Waals surface area contributed by atoms with Crippen molar-refractivity contribution in [3.8, 4) is 5.75 Å². The molecule has 0 spiro atoms. The monoisotopic (exact) mass is 293 g/mol. The van der Waals surface area contributed by atoms with Gasteiger partial charge in [0.25, 0.3) is 0 Å². The van der Waals surface area contributed by atoms with E-state index in [-0.39, 0.29) is 23.6 Å². The summed E-state index contributed by atoms with van der Waals surface area (Å²) in [6, 6.07) is 4.57. The maximum absolute atomic E-state index is 13.7. The molecule has 0 saturated carbocycles. The Labute approximate surface area is 126 Å². The molecule has 0 aromatic heterocycles. The summed E-state index contributed by atoms with van der Waals surface area (Å²) in [4.78, 5) is 11.6. The second-order valence-electron chi connectivity index (χ2n) is 5.31. The van der Waals surface area contributed by atoms with Crippen LogP contribution in [0.15, 0.2) is 24.3 Å². The van der Waals surface area contributed by atoms with Crippen LogP contribution in [0.3, 0.4) is 0 Å². The van der Waals surface area contributed by atoms with Crippen molar-refractivity contribution >= 4 is 11.9 Å². The number of ether oxygens (including phenoxy) is 1. The number of hydrogen-bond acceptors (Lipinski definition) is 3. The summed E-state index contributed by atoms with van der Waals surface area (Å²) in [5, 5.41) is 3.19. The van der Waals surface area contributed by atoms with Gasteiger partial charge in [0.2, 0.25) is 0 Å². The number of carbonyl (C=O) groups is 1. The van der Waals surface area contributed by atoms with Crippen molar-refractivity contribution < 1.29 is 13.9 Å². The van der Waals surface area contributed by atoms with E-state index in [0.29, 0.717) is 11.3 Å². The molecule has 0 saturated heterocycles. The minimum atomic E-state index is -0.366. The fourth-order valence-electron chi connectivity index (χ4n) is 1.71. The zero-order valence-electron chi connectivity index (χ0n) is 13.2. The number of carbonyl (C=O) groups excluding carboxylic acids is 1. The van der Waals surface area contributed by atoms with Crippen molar-refractivity contribution in [3.63, 3.8) is 0 Å². The van der Waals surface area contributed by atoms with Gasteiger partial charge in [-0.15, -0.1) is 0 Å². The normalized spacial score (nSPS) is 12.9. The van der Waals surface area contributed by atoms with Gasteiger partial charge < -0.3 is 10.1 Å². The molecule has 0 unspecified atom stereocenters. The van der Waals surface area contributed by atoms with Gasteiger partial charge in [0.15, 0.2) is 5.78 Å². The molecule has 1 aromatic rings. The molecule has 116 valence electrons. The van der Waals surface area contributed by atoms with E-state index in [2.05, 4.69) is 5.32 Å². The van der Waals surface area contributed by atoms with Gasteiger partial charge in [-0.1, -0.05) is 20.8 Å². The van der Waals surface area contributed by atoms with Gasteiger partial charge in [-0.05, 0) is 43.8 Å². The van der Waals surface area contributed by atoms with Crippen molar-refractivity contribution in [1.82, 2.24) is 5.32 Å². The van der Waals surface area contributed by atoms with Crippen LogP contribution in [0.5, 0.6) is 5.75 Å². The number of nitrogens with one attached hydrogen (secondary N) is 1. The third-order valence-corrected chi connectivity index (χ3v) is 2.98. The van der Waals surface area contributed by atoms with Crippen molar-refractivity contribution in [2.75, 3.05) is 13.1 Å². The molecule has 0 amide bonds. The second kappa shape index (κ2) is 8.57. The Morgan fingerprint density at radius 1 is 1.38 bits per heavy atom. The molecule has 0 radical (unpaired) electrons. The molecule has 1 atom stereocenters. The van der Waals surface area contributed by atoms with E-state index in [1.54, 1.807) is 12.1 Å². The number of likely N-dealkylation sites (N-methyl/N-ethyl adjacent to an activating group) is 1. The first kappa shape index (κ1) is 17.4. The quantitative estimate of drug-likeness (QED) is 0.746. The summed E-state index contributed by atoms with van der Waals surface area (Å²) in [6.07, 6.45) is 2.90. The molecule has 0 aliphatic carbocycles. The van der Waals surface area contributed by atoms with Crippen LogP contribution in [0, 0.1) is 11.7 Å². The number of halogens is 1. The highest BCUT2D eigenvalue weighted by Gasteiger charge is 2.07. The van der Waals surface area contributed by atoms with Crippen molar-refractivity contribution in [2.24, 2.45) is 5.92 Å². The first-order chi connectivity index (χ1) is 9.93. The summed E-state index contributed by atoms with van der Waals surface area (Å²) in [5.74, 6) is 0.109. The van der Waals surface area contributed by atoms with E-state index in [0.717, 1.165) is 13.1 Å². The Bertz CT molecular complexity index is 498. The highest BCUT2D eigenvalue weighted by molar-refractivity contribution is 5.94. The first-order valence-electron chi connectivity index (χ1n) is 7.32. The van der Waals surface area contributed by atoms with Gasteiger partial charge in [0.05, 0.1) is 0 Å². The third kappa shape index (κ3) is 6.08. The van der Waals surface area contributed by atoms with E-state index < -0.39 is 0 Å². The molecule has 1 rings (SSSR count). The Kier molecular flexibility index (Phi) is 7.09. The molecule has 21 heavy (non-hydrogen) atoms. The van der Waals surface area contributed by atoms with Gasteiger partial charge in [0, 0.05) is 18.0 Å². The predicted molar refractivity (Wildman–Crippen MR) is 83.9 cm³/mol. The third-order valence-electron chi connectivity index (χ3n) is 2.98. The number of ketones is 1.